The molecule has 0 spiro atoms. The molecule has 0 radical (unpaired) electrons. The Bertz CT molecular complexity index is 2140. The van der Waals surface area contributed by atoms with Crippen molar-refractivity contribution in [2.75, 3.05) is 26.4 Å². The zero-order chi connectivity index (χ0) is 49.1. The normalized spacial score (nSPS) is 25.7. The van der Waals surface area contributed by atoms with Crippen LogP contribution >= 0.6 is 0 Å². The van der Waals surface area contributed by atoms with Gasteiger partial charge in [-0.2, -0.15) is 0 Å². The van der Waals surface area contributed by atoms with Crippen molar-refractivity contribution < 1.29 is 100 Å². The molecule has 2 heterocycles. The van der Waals surface area contributed by atoms with Gasteiger partial charge in [0.1, 0.15) is 38.1 Å². The molecule has 2 aromatic rings. The van der Waals surface area contributed by atoms with E-state index >= 15 is 0 Å². The van der Waals surface area contributed by atoms with Crippen molar-refractivity contribution in [1.82, 2.24) is 10.6 Å². The van der Waals surface area contributed by atoms with E-state index in [1.807, 2.05) is 48.5 Å². The number of benzene rings is 2. The first-order valence-corrected chi connectivity index (χ1v) is 20.9. The number of rotatable bonds is 18. The lowest BCUT2D eigenvalue weighted by Crippen LogP contribution is -2.69. The molecule has 11 atom stereocenters. The summed E-state index contributed by atoms with van der Waals surface area (Å²) in [4.78, 5) is 113. The Hall–Kier alpha value is -6.69. The lowest BCUT2D eigenvalue weighted by Gasteiger charge is -2.49. The predicted octanol–water partition coefficient (Wildman–Crippen LogP) is 1.19. The number of aliphatic carboxylic acids is 1. The average molecular weight is 945 g/mol. The number of carbonyl (C=O) groups excluding carboxylic acids is 8. The van der Waals surface area contributed by atoms with Crippen molar-refractivity contribution in [2.45, 2.75) is 122 Å². The minimum absolute atomic E-state index is 0.171. The van der Waals surface area contributed by atoms with Gasteiger partial charge in [-0.05, 0) is 22.3 Å². The second-order valence-electron chi connectivity index (χ2n) is 15.5. The van der Waals surface area contributed by atoms with Crippen molar-refractivity contribution >= 4 is 53.8 Å². The van der Waals surface area contributed by atoms with Gasteiger partial charge < -0.3 is 67.8 Å². The van der Waals surface area contributed by atoms with Crippen molar-refractivity contribution in [3.8, 4) is 11.1 Å². The Morgan fingerprint density at radius 2 is 1.03 bits per heavy atom. The molecule has 5 rings (SSSR count). The van der Waals surface area contributed by atoms with Gasteiger partial charge in [0.15, 0.2) is 49.1 Å². The van der Waals surface area contributed by atoms with Gasteiger partial charge >= 0.3 is 47.9 Å². The van der Waals surface area contributed by atoms with Crippen molar-refractivity contribution in [3.63, 3.8) is 0 Å². The first-order chi connectivity index (χ1) is 31.7. The number of fused-ring (bicyclic) bond motifs is 3. The van der Waals surface area contributed by atoms with Crippen LogP contribution in [0.2, 0.25) is 0 Å². The molecule has 3 aliphatic rings. The predicted molar refractivity (Wildman–Crippen MR) is 221 cm³/mol. The number of hydrogen-bond donors (Lipinski definition) is 3. The zero-order valence-electron chi connectivity index (χ0n) is 37.5. The highest BCUT2D eigenvalue weighted by molar-refractivity contribution is 5.81. The van der Waals surface area contributed by atoms with E-state index in [4.69, 9.17) is 52.1 Å². The summed E-state index contributed by atoms with van der Waals surface area (Å²) in [5, 5.41) is 15.0. The van der Waals surface area contributed by atoms with Crippen LogP contribution in [-0.2, 0) is 90.5 Å². The Labute approximate surface area is 383 Å². The third-order valence-corrected chi connectivity index (χ3v) is 10.4. The highest BCUT2D eigenvalue weighted by Gasteiger charge is 2.57. The molecule has 2 saturated heterocycles. The molecule has 0 aromatic heterocycles. The first kappa shape index (κ1) is 51.3. The summed E-state index contributed by atoms with van der Waals surface area (Å²) in [6.45, 7) is 4.86. The van der Waals surface area contributed by atoms with Gasteiger partial charge in [0.05, 0.1) is 6.61 Å². The van der Waals surface area contributed by atoms with E-state index in [0.717, 1.165) is 70.7 Å². The number of carboxylic acids is 1. The first-order valence-electron chi connectivity index (χ1n) is 20.9. The summed E-state index contributed by atoms with van der Waals surface area (Å²) in [6.07, 6.45) is -16.5. The number of hydrogen-bond acceptors (Lipinski definition) is 20. The summed E-state index contributed by atoms with van der Waals surface area (Å²) in [5.41, 5.74) is 3.70. The van der Waals surface area contributed by atoms with E-state index in [2.05, 4.69) is 10.6 Å². The van der Waals surface area contributed by atoms with Crippen molar-refractivity contribution in [1.29, 1.82) is 0 Å². The molecule has 0 bridgehead atoms. The fraction of sp³-hybridized carbons (Fsp3) is 0.523. The fourth-order valence-electron chi connectivity index (χ4n) is 7.86. The number of nitrogens with one attached hydrogen (secondary N) is 2. The second-order valence-corrected chi connectivity index (χ2v) is 15.5. The van der Waals surface area contributed by atoms with Gasteiger partial charge in [-0.1, -0.05) is 48.5 Å². The second kappa shape index (κ2) is 23.2. The number of amides is 2. The molecule has 23 nitrogen and oxygen atoms in total. The summed E-state index contributed by atoms with van der Waals surface area (Å²) in [5.74, 6) is -8.12. The maximum Gasteiger partial charge on any atom is 0.407 e. The van der Waals surface area contributed by atoms with Crippen LogP contribution in [0.15, 0.2) is 48.5 Å². The summed E-state index contributed by atoms with van der Waals surface area (Å²) in [7, 11) is 0. The molecule has 2 aromatic carbocycles. The number of carbonyl (C=O) groups is 9. The number of ether oxygens (including phenoxy) is 11. The lowest BCUT2D eigenvalue weighted by atomic mass is 9.94. The molecule has 3 N–H and O–H groups in total. The van der Waals surface area contributed by atoms with E-state index in [0.29, 0.717) is 0 Å². The van der Waals surface area contributed by atoms with E-state index in [1.54, 1.807) is 0 Å². The van der Waals surface area contributed by atoms with Gasteiger partial charge in [0.25, 0.3) is 0 Å². The molecule has 1 aliphatic carbocycles. The molecule has 67 heavy (non-hydrogen) atoms. The summed E-state index contributed by atoms with van der Waals surface area (Å²) >= 11 is 0. The average Bonchev–Trinajstić information content (AvgIpc) is 3.56. The van der Waals surface area contributed by atoms with E-state index in [-0.39, 0.29) is 12.5 Å². The molecule has 2 amide bonds. The Morgan fingerprint density at radius 3 is 1.51 bits per heavy atom. The van der Waals surface area contributed by atoms with Crippen LogP contribution < -0.4 is 10.6 Å². The van der Waals surface area contributed by atoms with Crippen LogP contribution in [0.3, 0.4) is 0 Å². The SMILES string of the molecule is CC(=O)N[C@H]1[C@H](O[C@@H]2[C@@H](OC[C@H](NC(=O)OCC3c4ccccc4-c4ccccc43)C(=O)O)O[C@H](COC(C)=O)[C@@H](OC(C)=O)[C@@H]2OC(C)=O)O[C@H](COC(C)=O)[C@@H](OC(C)=O)[C@@H]1OC(C)=O. The van der Waals surface area contributed by atoms with E-state index < -0.39 is 141 Å². The monoisotopic (exact) mass is 944 g/mol. The van der Waals surface area contributed by atoms with Crippen molar-refractivity contribution in [2.24, 2.45) is 0 Å². The zero-order valence-corrected chi connectivity index (χ0v) is 37.5. The molecular weight excluding hydrogens is 892 g/mol. The lowest BCUT2D eigenvalue weighted by molar-refractivity contribution is -0.356. The largest absolute Gasteiger partial charge is 0.480 e. The van der Waals surface area contributed by atoms with E-state index in [9.17, 15) is 48.3 Å². The molecule has 0 unspecified atom stereocenters. The van der Waals surface area contributed by atoms with Crippen LogP contribution in [-0.4, -0.2) is 153 Å². The standard InChI is InChI=1S/C44H52N2O21/c1-20(47)45-35-38(63-25(6)52)36(61-23(4)50)33(18-57-21(2)48)65-42(35)67-40-39(64-26(7)53)37(62-24(5)51)34(19-58-22(3)49)66-43(40)59-17-32(41(54)55)46-44(56)60-16-31-29-14-10-8-12-27(29)28-13-9-11-15-30(28)31/h8-15,31-40,42-43H,16-19H2,1-7H3,(H,45,47)(H,46,56)(H,54,55)/t32-,33+,34+,35+,36+,37+,38+,39-,40-,42-,43-/m0/s1. The van der Waals surface area contributed by atoms with Gasteiger partial charge in [0, 0.05) is 54.4 Å². The van der Waals surface area contributed by atoms with Gasteiger partial charge in [-0.25, -0.2) is 9.59 Å². The van der Waals surface area contributed by atoms with Gasteiger partial charge in [0.2, 0.25) is 5.91 Å². The quantitative estimate of drug-likeness (QED) is 0.140. The third-order valence-electron chi connectivity index (χ3n) is 10.4. The number of alkyl carbamates (subject to hydrolysis) is 1. The topological polar surface area (TPSA) is 299 Å². The maximum atomic E-state index is 13.3. The number of carboxylic acid groups (broad SMARTS) is 1. The smallest absolute Gasteiger partial charge is 0.407 e. The molecule has 2 fully saturated rings. The number of esters is 6. The van der Waals surface area contributed by atoms with Gasteiger partial charge in [-0.15, -0.1) is 0 Å². The summed E-state index contributed by atoms with van der Waals surface area (Å²) in [6, 6.07) is 11.6. The van der Waals surface area contributed by atoms with Crippen LogP contribution in [0.5, 0.6) is 0 Å². The molecule has 2 aliphatic heterocycles. The van der Waals surface area contributed by atoms with Crippen LogP contribution in [0.4, 0.5) is 4.79 Å². The highest BCUT2D eigenvalue weighted by Crippen LogP contribution is 2.44. The maximum absolute atomic E-state index is 13.3. The minimum atomic E-state index is -1.92. The fourth-order valence-corrected chi connectivity index (χ4v) is 7.86. The van der Waals surface area contributed by atoms with E-state index in [1.165, 1.54) is 0 Å². The molecule has 23 heteroatoms. The van der Waals surface area contributed by atoms with Crippen LogP contribution in [0.1, 0.15) is 65.5 Å². The Balaban J connectivity index is 1.49. The van der Waals surface area contributed by atoms with Gasteiger partial charge in [-0.3, -0.25) is 33.6 Å². The third kappa shape index (κ3) is 13.7. The van der Waals surface area contributed by atoms with Crippen molar-refractivity contribution in [3.05, 3.63) is 59.7 Å². The molecular formula is C44H52N2O21. The Morgan fingerprint density at radius 1 is 0.567 bits per heavy atom. The Kier molecular flexibility index (Phi) is 17.7. The summed E-state index contributed by atoms with van der Waals surface area (Å²) < 4.78 is 62.7. The highest BCUT2D eigenvalue weighted by atomic mass is 16.8. The van der Waals surface area contributed by atoms with Crippen LogP contribution in [0, 0.1) is 0 Å². The minimum Gasteiger partial charge on any atom is -0.480 e. The van der Waals surface area contributed by atoms with Crippen LogP contribution in [0.25, 0.3) is 11.1 Å². The molecule has 364 valence electrons. The molecule has 0 saturated carbocycles.